The number of aliphatic hydroxyl groups is 1. The topological polar surface area (TPSA) is 100 Å². The molecule has 5 nitrogen and oxygen atoms in total. The Bertz CT molecular complexity index is 373. The van der Waals surface area contributed by atoms with Gasteiger partial charge in [-0.15, -0.1) is 0 Å². The predicted octanol–water partition coefficient (Wildman–Crippen LogP) is -2.29. The van der Waals surface area contributed by atoms with E-state index in [0.29, 0.717) is 5.56 Å². The Morgan fingerprint density at radius 2 is 1.69 bits per heavy atom. The van der Waals surface area contributed by atoms with E-state index < -0.39 is 24.0 Å². The van der Waals surface area contributed by atoms with Gasteiger partial charge in [-0.2, -0.15) is 0 Å². The summed E-state index contributed by atoms with van der Waals surface area (Å²) in [7, 11) is 0. The Hall–Kier alpha value is -1.88. The van der Waals surface area contributed by atoms with Gasteiger partial charge in [-0.25, -0.2) is 0 Å². The highest BCUT2D eigenvalue weighted by Gasteiger charge is 2.21. The summed E-state index contributed by atoms with van der Waals surface area (Å²) >= 11 is 0. The number of carboxylic acid groups (broad SMARTS) is 2. The van der Waals surface area contributed by atoms with Gasteiger partial charge < -0.3 is 24.9 Å². The Morgan fingerprint density at radius 1 is 1.12 bits per heavy atom. The van der Waals surface area contributed by atoms with Gasteiger partial charge in [0.25, 0.3) is 0 Å². The van der Waals surface area contributed by atoms with E-state index >= 15 is 0 Å². The van der Waals surface area contributed by atoms with Gasteiger partial charge >= 0.3 is 0 Å². The molecule has 86 valence electrons. The van der Waals surface area contributed by atoms with E-state index in [4.69, 9.17) is 5.11 Å². The minimum atomic E-state index is -2.06. The zero-order valence-corrected chi connectivity index (χ0v) is 8.33. The highest BCUT2D eigenvalue weighted by atomic mass is 16.4. The molecule has 0 bridgehead atoms. The van der Waals surface area contributed by atoms with Gasteiger partial charge in [-0.3, -0.25) is 0 Å². The quantitative estimate of drug-likeness (QED) is 0.604. The van der Waals surface area contributed by atoms with Crippen molar-refractivity contribution in [3.63, 3.8) is 0 Å². The minimum Gasteiger partial charge on any atom is -0.550 e. The number of carbonyl (C=O) groups is 2. The van der Waals surface area contributed by atoms with Crippen LogP contribution in [0, 0.1) is 5.92 Å². The summed E-state index contributed by atoms with van der Waals surface area (Å²) < 4.78 is 0. The van der Waals surface area contributed by atoms with Crippen molar-refractivity contribution in [1.29, 1.82) is 0 Å². The second kappa shape index (κ2) is 5.27. The molecule has 0 spiro atoms. The molecule has 0 fully saturated rings. The molecule has 2 atom stereocenters. The third-order valence-corrected chi connectivity index (χ3v) is 2.22. The average Bonchev–Trinajstić information content (AvgIpc) is 2.26. The molecular formula is C11H10O5-2. The second-order valence-corrected chi connectivity index (χ2v) is 3.38. The van der Waals surface area contributed by atoms with Crippen molar-refractivity contribution in [1.82, 2.24) is 0 Å². The highest BCUT2D eigenvalue weighted by Crippen LogP contribution is 2.12. The lowest BCUT2D eigenvalue weighted by molar-refractivity contribution is -0.330. The molecule has 0 radical (unpaired) electrons. The first-order valence-corrected chi connectivity index (χ1v) is 4.66. The average molecular weight is 222 g/mol. The van der Waals surface area contributed by atoms with E-state index in [1.54, 1.807) is 30.3 Å². The number of hydrogen-bond donors (Lipinski definition) is 1. The summed E-state index contributed by atoms with van der Waals surface area (Å²) in [6, 6.07) is 8.39. The van der Waals surface area contributed by atoms with Gasteiger partial charge in [0.05, 0.1) is 5.97 Å². The molecule has 5 heteroatoms. The molecule has 0 amide bonds. The zero-order chi connectivity index (χ0) is 12.1. The Morgan fingerprint density at radius 3 is 2.12 bits per heavy atom. The van der Waals surface area contributed by atoms with Crippen molar-refractivity contribution in [2.24, 2.45) is 5.92 Å². The van der Waals surface area contributed by atoms with Crippen LogP contribution in [-0.2, 0) is 16.0 Å². The Kier molecular flexibility index (Phi) is 4.02. The second-order valence-electron chi connectivity index (χ2n) is 3.38. The fourth-order valence-electron chi connectivity index (χ4n) is 1.36. The first-order chi connectivity index (χ1) is 7.52. The van der Waals surface area contributed by atoms with Crippen LogP contribution in [0.3, 0.4) is 0 Å². The maximum Gasteiger partial charge on any atom is 0.102 e. The molecule has 1 rings (SSSR count). The van der Waals surface area contributed by atoms with Crippen LogP contribution in [0.15, 0.2) is 30.3 Å². The maximum absolute atomic E-state index is 10.7. The lowest BCUT2D eigenvalue weighted by Crippen LogP contribution is -2.48. The smallest absolute Gasteiger partial charge is 0.102 e. The number of aliphatic carboxylic acids is 2. The van der Waals surface area contributed by atoms with Crippen LogP contribution in [0.4, 0.5) is 0 Å². The largest absolute Gasteiger partial charge is 0.550 e. The van der Waals surface area contributed by atoms with E-state index in [1.807, 2.05) is 0 Å². The van der Waals surface area contributed by atoms with Crippen LogP contribution in [0.2, 0.25) is 0 Å². The normalized spacial score (nSPS) is 14.1. The van der Waals surface area contributed by atoms with E-state index in [1.165, 1.54) is 0 Å². The monoisotopic (exact) mass is 222 g/mol. The van der Waals surface area contributed by atoms with Crippen LogP contribution >= 0.6 is 0 Å². The fourth-order valence-corrected chi connectivity index (χ4v) is 1.36. The number of aliphatic hydroxyl groups excluding tert-OH is 1. The SMILES string of the molecule is O=C([O-])C(O)C(Cc1ccccc1)C(=O)[O-]. The molecular weight excluding hydrogens is 212 g/mol. The summed E-state index contributed by atoms with van der Waals surface area (Å²) in [5.41, 5.74) is 0.608. The van der Waals surface area contributed by atoms with E-state index in [2.05, 4.69) is 0 Å². The van der Waals surface area contributed by atoms with Gasteiger partial charge in [-0.1, -0.05) is 30.3 Å². The molecule has 0 aromatic heterocycles. The summed E-state index contributed by atoms with van der Waals surface area (Å²) in [6.07, 6.45) is -2.18. The summed E-state index contributed by atoms with van der Waals surface area (Å²) in [4.78, 5) is 21.1. The third-order valence-electron chi connectivity index (χ3n) is 2.22. The highest BCUT2D eigenvalue weighted by molar-refractivity contribution is 5.79. The first-order valence-electron chi connectivity index (χ1n) is 4.66. The van der Waals surface area contributed by atoms with Crippen molar-refractivity contribution in [2.45, 2.75) is 12.5 Å². The van der Waals surface area contributed by atoms with Gasteiger partial charge in [0, 0.05) is 11.9 Å². The fraction of sp³-hybridized carbons (Fsp3) is 0.273. The molecule has 0 aliphatic rings. The Balaban J connectivity index is 2.81. The first kappa shape index (κ1) is 12.2. The van der Waals surface area contributed by atoms with Crippen LogP contribution in [0.1, 0.15) is 5.56 Å². The van der Waals surface area contributed by atoms with Crippen molar-refractivity contribution < 1.29 is 24.9 Å². The number of hydrogen-bond acceptors (Lipinski definition) is 5. The number of carboxylic acids is 2. The van der Waals surface area contributed by atoms with E-state index in [-0.39, 0.29) is 6.42 Å². The molecule has 1 aromatic rings. The van der Waals surface area contributed by atoms with E-state index in [0.717, 1.165) is 0 Å². The van der Waals surface area contributed by atoms with E-state index in [9.17, 15) is 19.8 Å². The molecule has 0 heterocycles. The number of rotatable bonds is 5. The Labute approximate surface area is 92.0 Å². The van der Waals surface area contributed by atoms with Crippen molar-refractivity contribution in [3.8, 4) is 0 Å². The van der Waals surface area contributed by atoms with Crippen LogP contribution in [-0.4, -0.2) is 23.1 Å². The third kappa shape index (κ3) is 3.06. The van der Waals surface area contributed by atoms with Crippen LogP contribution in [0.25, 0.3) is 0 Å². The molecule has 0 aliphatic heterocycles. The summed E-state index contributed by atoms with van der Waals surface area (Å²) in [5.74, 6) is -4.93. The van der Waals surface area contributed by atoms with Crippen molar-refractivity contribution in [2.75, 3.05) is 0 Å². The molecule has 2 unspecified atom stereocenters. The standard InChI is InChI=1S/C11H12O5/c12-9(11(15)16)8(10(13)14)6-7-4-2-1-3-5-7/h1-5,8-9,12H,6H2,(H,13,14)(H,15,16)/p-2. The molecule has 0 aliphatic carbocycles. The summed E-state index contributed by atoms with van der Waals surface area (Å²) in [6.45, 7) is 0. The van der Waals surface area contributed by atoms with Gasteiger partial charge in [0.15, 0.2) is 0 Å². The van der Waals surface area contributed by atoms with Gasteiger partial charge in [-0.05, 0) is 12.0 Å². The number of carbonyl (C=O) groups excluding carboxylic acids is 2. The number of benzene rings is 1. The maximum atomic E-state index is 10.7. The molecule has 1 N–H and O–H groups in total. The zero-order valence-electron chi connectivity index (χ0n) is 8.33. The van der Waals surface area contributed by atoms with Crippen molar-refractivity contribution in [3.05, 3.63) is 35.9 Å². The lowest BCUT2D eigenvalue weighted by Gasteiger charge is -2.24. The van der Waals surface area contributed by atoms with Crippen molar-refractivity contribution >= 4 is 11.9 Å². The predicted molar refractivity (Wildman–Crippen MR) is 49.7 cm³/mol. The summed E-state index contributed by atoms with van der Waals surface area (Å²) in [5, 5.41) is 30.2. The van der Waals surface area contributed by atoms with Gasteiger partial charge in [0.1, 0.15) is 6.10 Å². The molecule has 0 saturated heterocycles. The molecule has 1 aromatic carbocycles. The van der Waals surface area contributed by atoms with Crippen LogP contribution < -0.4 is 10.2 Å². The van der Waals surface area contributed by atoms with Gasteiger partial charge in [0.2, 0.25) is 0 Å². The molecule has 0 saturated carbocycles. The lowest BCUT2D eigenvalue weighted by atomic mass is 9.94. The molecule has 16 heavy (non-hydrogen) atoms. The van der Waals surface area contributed by atoms with Crippen LogP contribution in [0.5, 0.6) is 0 Å². The minimum absolute atomic E-state index is 0.113.